The van der Waals surface area contributed by atoms with Gasteiger partial charge in [0.25, 0.3) is 0 Å². The lowest BCUT2D eigenvalue weighted by Gasteiger charge is -2.19. The maximum atomic E-state index is 12.5. The maximum absolute atomic E-state index is 12.5. The summed E-state index contributed by atoms with van der Waals surface area (Å²) in [5, 5.41) is 23.3. The molecule has 2 atom stereocenters. The molecule has 79 heavy (non-hydrogen) atoms. The summed E-state index contributed by atoms with van der Waals surface area (Å²) in [7, 11) is 0. The number of amides is 1. The lowest BCUT2D eigenvalue weighted by molar-refractivity contribution is -0.123. The van der Waals surface area contributed by atoms with E-state index in [1.54, 1.807) is 6.08 Å². The minimum Gasteiger partial charge on any atom is -0.394 e. The van der Waals surface area contributed by atoms with Crippen LogP contribution in [0.25, 0.3) is 0 Å². The minimum atomic E-state index is -0.866. The van der Waals surface area contributed by atoms with Crippen LogP contribution in [0, 0.1) is 0 Å². The molecular formula is C75H137NO3. The first kappa shape index (κ1) is 76.6. The number of hydrogen-bond donors (Lipinski definition) is 3. The molecule has 0 aromatic rings. The molecule has 1 amide bonds. The van der Waals surface area contributed by atoms with E-state index >= 15 is 0 Å². The van der Waals surface area contributed by atoms with Crippen LogP contribution < -0.4 is 5.32 Å². The lowest BCUT2D eigenvalue weighted by Crippen LogP contribution is -2.45. The van der Waals surface area contributed by atoms with Gasteiger partial charge in [0, 0.05) is 6.42 Å². The molecule has 2 unspecified atom stereocenters. The van der Waals surface area contributed by atoms with Crippen LogP contribution in [0.2, 0.25) is 0 Å². The van der Waals surface area contributed by atoms with Gasteiger partial charge in [-0.05, 0) is 77.0 Å². The Morgan fingerprint density at radius 2 is 0.570 bits per heavy atom. The van der Waals surface area contributed by atoms with Crippen LogP contribution in [0.15, 0.2) is 85.1 Å². The minimum absolute atomic E-state index is 0.0688. The van der Waals surface area contributed by atoms with Crippen LogP contribution >= 0.6 is 0 Å². The van der Waals surface area contributed by atoms with E-state index in [2.05, 4.69) is 92.1 Å². The van der Waals surface area contributed by atoms with E-state index in [1.165, 1.54) is 283 Å². The summed E-state index contributed by atoms with van der Waals surface area (Å²) in [5.74, 6) is -0.0688. The third-order valence-electron chi connectivity index (χ3n) is 16.1. The van der Waals surface area contributed by atoms with E-state index in [0.29, 0.717) is 6.42 Å². The van der Waals surface area contributed by atoms with Gasteiger partial charge in [0.2, 0.25) is 5.91 Å². The second kappa shape index (κ2) is 69.8. The van der Waals surface area contributed by atoms with E-state index < -0.39 is 12.1 Å². The fraction of sp³-hybridized carbons (Fsp3) is 0.800. The fourth-order valence-electron chi connectivity index (χ4n) is 10.8. The van der Waals surface area contributed by atoms with Gasteiger partial charge in [0.15, 0.2) is 0 Å². The molecule has 0 aromatic heterocycles. The summed E-state index contributed by atoms with van der Waals surface area (Å²) in [5.41, 5.74) is 0. The number of nitrogens with one attached hydrogen (secondary N) is 1. The van der Waals surface area contributed by atoms with Crippen molar-refractivity contribution in [3.05, 3.63) is 85.1 Å². The second-order valence-corrected chi connectivity index (χ2v) is 23.9. The third-order valence-corrected chi connectivity index (χ3v) is 16.1. The van der Waals surface area contributed by atoms with Crippen molar-refractivity contribution in [2.75, 3.05) is 6.61 Å². The van der Waals surface area contributed by atoms with Crippen molar-refractivity contribution in [2.45, 2.75) is 379 Å². The highest BCUT2D eigenvalue weighted by Gasteiger charge is 2.18. The molecule has 0 spiro atoms. The Morgan fingerprint density at radius 1 is 0.316 bits per heavy atom. The molecule has 0 aliphatic carbocycles. The number of allylic oxidation sites excluding steroid dienone is 13. The van der Waals surface area contributed by atoms with Crippen molar-refractivity contribution in [1.82, 2.24) is 5.32 Å². The molecule has 0 aromatic carbocycles. The summed E-state index contributed by atoms with van der Waals surface area (Å²) in [6, 6.07) is -0.643. The fourth-order valence-corrected chi connectivity index (χ4v) is 10.8. The van der Waals surface area contributed by atoms with E-state index in [0.717, 1.165) is 64.2 Å². The molecule has 0 aliphatic heterocycles. The summed E-state index contributed by atoms with van der Waals surface area (Å²) < 4.78 is 0. The van der Waals surface area contributed by atoms with Crippen LogP contribution in [0.5, 0.6) is 0 Å². The maximum Gasteiger partial charge on any atom is 0.220 e. The molecule has 4 nitrogen and oxygen atoms in total. The molecule has 3 N–H and O–H groups in total. The zero-order valence-electron chi connectivity index (χ0n) is 53.1. The Bertz CT molecular complexity index is 1390. The van der Waals surface area contributed by atoms with Crippen LogP contribution in [0.1, 0.15) is 367 Å². The van der Waals surface area contributed by atoms with Gasteiger partial charge in [-0.15, -0.1) is 0 Å². The predicted molar refractivity (Wildman–Crippen MR) is 354 cm³/mol. The van der Waals surface area contributed by atoms with Crippen molar-refractivity contribution in [1.29, 1.82) is 0 Å². The molecule has 0 saturated heterocycles. The van der Waals surface area contributed by atoms with Gasteiger partial charge in [-0.2, -0.15) is 0 Å². The molecule has 0 aliphatic rings. The van der Waals surface area contributed by atoms with Gasteiger partial charge in [-0.1, -0.05) is 369 Å². The molecular weight excluding hydrogens is 963 g/mol. The number of rotatable bonds is 65. The first-order valence-electron chi connectivity index (χ1n) is 35.3. The quantitative estimate of drug-likeness (QED) is 0.0420. The Kier molecular flexibility index (Phi) is 67.7. The Balaban J connectivity index is 3.46. The Labute approximate surface area is 494 Å². The van der Waals surface area contributed by atoms with Gasteiger partial charge < -0.3 is 15.5 Å². The van der Waals surface area contributed by atoms with Crippen molar-refractivity contribution >= 4 is 5.91 Å². The van der Waals surface area contributed by atoms with E-state index in [4.69, 9.17) is 0 Å². The summed E-state index contributed by atoms with van der Waals surface area (Å²) >= 11 is 0. The smallest absolute Gasteiger partial charge is 0.220 e. The molecule has 0 radical (unpaired) electrons. The highest BCUT2D eigenvalue weighted by Crippen LogP contribution is 2.18. The summed E-state index contributed by atoms with van der Waals surface area (Å²) in [6.07, 6.45) is 103. The van der Waals surface area contributed by atoms with Gasteiger partial charge >= 0.3 is 0 Å². The highest BCUT2D eigenvalue weighted by molar-refractivity contribution is 5.76. The normalized spacial score (nSPS) is 13.2. The highest BCUT2D eigenvalue weighted by atomic mass is 16.3. The van der Waals surface area contributed by atoms with Crippen molar-refractivity contribution in [3.8, 4) is 0 Å². The lowest BCUT2D eigenvalue weighted by atomic mass is 10.0. The molecule has 0 saturated carbocycles. The van der Waals surface area contributed by atoms with Gasteiger partial charge in [-0.3, -0.25) is 4.79 Å². The number of aliphatic hydroxyl groups excluding tert-OH is 2. The largest absolute Gasteiger partial charge is 0.394 e. The van der Waals surface area contributed by atoms with Crippen LogP contribution in [-0.2, 0) is 4.79 Å². The molecule has 0 rings (SSSR count). The van der Waals surface area contributed by atoms with Crippen molar-refractivity contribution in [2.24, 2.45) is 0 Å². The Hall–Kier alpha value is -2.43. The average molecular weight is 1100 g/mol. The number of carbonyl (C=O) groups excluding carboxylic acids is 1. The molecule has 0 bridgehead atoms. The molecule has 0 heterocycles. The zero-order chi connectivity index (χ0) is 56.9. The van der Waals surface area contributed by atoms with Gasteiger partial charge in [0.1, 0.15) is 0 Å². The van der Waals surface area contributed by atoms with Crippen molar-refractivity contribution < 1.29 is 15.0 Å². The first-order chi connectivity index (χ1) is 39.2. The number of hydrogen-bond acceptors (Lipinski definition) is 3. The average Bonchev–Trinajstić information content (AvgIpc) is 3.45. The Morgan fingerprint density at radius 3 is 0.886 bits per heavy atom. The number of aliphatic hydroxyl groups is 2. The van der Waals surface area contributed by atoms with Crippen molar-refractivity contribution in [3.63, 3.8) is 0 Å². The molecule has 0 fully saturated rings. The van der Waals surface area contributed by atoms with Crippen LogP contribution in [-0.4, -0.2) is 34.9 Å². The summed E-state index contributed by atoms with van der Waals surface area (Å²) in [6.45, 7) is 4.22. The number of unbranched alkanes of at least 4 members (excludes halogenated alkanes) is 46. The first-order valence-corrected chi connectivity index (χ1v) is 35.3. The third kappa shape index (κ3) is 66.3. The standard InChI is InChI=1S/C75H137NO3/c1-3-5-7-9-11-13-15-17-19-21-23-25-27-29-31-33-35-36-37-38-39-40-41-43-45-47-49-51-53-55-57-59-61-63-65-67-69-71-75(79)76-73(72-77)74(78)70-68-66-64-62-60-58-56-54-52-50-48-46-44-42-34-32-30-28-26-24-22-20-18-16-14-12-10-8-6-4-2/h5,7,11,13,17,19,23,25,29,31,60,62,68,70,73-74,77-78H,3-4,6,8-10,12,14-16,18,20-22,24,26-28,30,32-59,61,63-67,69,71-72H2,1-2H3,(H,76,79)/b7-5-,13-11-,19-17-,25-23-,31-29-,62-60+,70-68+. The SMILES string of the molecule is CC/C=C\C/C=C\C/C=C\C/C=C\C/C=C\CCCCCCCCCCCCCCCCCCCCCCCC(=O)NC(CO)C(O)/C=C/CC/C=C/CCCCCCCCCCCCCCCCCCCCCCCCCC. The summed E-state index contributed by atoms with van der Waals surface area (Å²) in [4.78, 5) is 12.5. The second-order valence-electron chi connectivity index (χ2n) is 23.9. The predicted octanol–water partition coefficient (Wildman–Crippen LogP) is 24.2. The van der Waals surface area contributed by atoms with E-state index in [-0.39, 0.29) is 12.5 Å². The number of carbonyl (C=O) groups is 1. The van der Waals surface area contributed by atoms with E-state index in [9.17, 15) is 15.0 Å². The van der Waals surface area contributed by atoms with Crippen LogP contribution in [0.4, 0.5) is 0 Å². The molecule has 460 valence electrons. The van der Waals surface area contributed by atoms with Gasteiger partial charge in [-0.25, -0.2) is 0 Å². The zero-order valence-corrected chi connectivity index (χ0v) is 53.1. The molecule has 4 heteroatoms. The monoisotopic (exact) mass is 1100 g/mol. The van der Waals surface area contributed by atoms with E-state index in [1.807, 2.05) is 6.08 Å². The topological polar surface area (TPSA) is 69.6 Å². The van der Waals surface area contributed by atoms with Gasteiger partial charge in [0.05, 0.1) is 18.8 Å². The van der Waals surface area contributed by atoms with Crippen LogP contribution in [0.3, 0.4) is 0 Å².